The predicted molar refractivity (Wildman–Crippen MR) is 77.5 cm³/mol. The maximum Gasteiger partial charge on any atom is 0.220 e. The van der Waals surface area contributed by atoms with E-state index in [1.807, 2.05) is 19.1 Å². The Kier molecular flexibility index (Phi) is 4.86. The molecular weight excluding hydrogens is 254 g/mol. The molecule has 0 radical (unpaired) electrons. The molecule has 1 aliphatic carbocycles. The van der Waals surface area contributed by atoms with E-state index in [1.54, 1.807) is 6.92 Å². The molecule has 1 aromatic heterocycles. The van der Waals surface area contributed by atoms with Crippen LogP contribution in [0.2, 0.25) is 0 Å². The van der Waals surface area contributed by atoms with E-state index in [4.69, 9.17) is 4.42 Å². The van der Waals surface area contributed by atoms with Gasteiger partial charge in [0, 0.05) is 24.8 Å². The number of carbonyl (C=O) groups is 1. The summed E-state index contributed by atoms with van der Waals surface area (Å²) in [5, 5.41) is 12.1. The largest absolute Gasteiger partial charge is 0.466 e. The van der Waals surface area contributed by atoms with Crippen molar-refractivity contribution in [1.82, 2.24) is 5.32 Å². The van der Waals surface area contributed by atoms with E-state index in [0.717, 1.165) is 17.4 Å². The van der Waals surface area contributed by atoms with Crippen LogP contribution in [0.4, 0.5) is 0 Å². The van der Waals surface area contributed by atoms with Crippen LogP contribution in [0, 0.1) is 5.92 Å². The van der Waals surface area contributed by atoms with Crippen LogP contribution in [0.25, 0.3) is 0 Å². The van der Waals surface area contributed by atoms with E-state index in [2.05, 4.69) is 12.2 Å². The summed E-state index contributed by atoms with van der Waals surface area (Å²) < 4.78 is 5.78. The van der Waals surface area contributed by atoms with Gasteiger partial charge in [0.15, 0.2) is 0 Å². The summed E-state index contributed by atoms with van der Waals surface area (Å²) in [6, 6.07) is 4.02. The van der Waals surface area contributed by atoms with Gasteiger partial charge in [-0.3, -0.25) is 4.79 Å². The van der Waals surface area contributed by atoms with Crippen molar-refractivity contribution in [3.05, 3.63) is 23.7 Å². The van der Waals surface area contributed by atoms with Crippen LogP contribution in [0.15, 0.2) is 16.5 Å². The lowest BCUT2D eigenvalue weighted by Crippen LogP contribution is -2.34. The van der Waals surface area contributed by atoms with Crippen molar-refractivity contribution >= 4 is 5.91 Å². The number of aliphatic hydroxyl groups is 1. The second-order valence-electron chi connectivity index (χ2n) is 6.18. The Bertz CT molecular complexity index is 452. The van der Waals surface area contributed by atoms with Gasteiger partial charge in [0.25, 0.3) is 0 Å². The lowest BCUT2D eigenvalue weighted by atomic mass is 10.1. The summed E-state index contributed by atoms with van der Waals surface area (Å²) in [7, 11) is 0. The minimum Gasteiger partial charge on any atom is -0.466 e. The Morgan fingerprint density at radius 2 is 2.20 bits per heavy atom. The second kappa shape index (κ2) is 6.44. The fourth-order valence-corrected chi connectivity index (χ4v) is 2.60. The van der Waals surface area contributed by atoms with Gasteiger partial charge in [0.2, 0.25) is 5.91 Å². The third-order valence-corrected chi connectivity index (χ3v) is 3.86. The molecule has 2 rings (SSSR count). The first-order valence-electron chi connectivity index (χ1n) is 7.51. The molecule has 0 saturated heterocycles. The van der Waals surface area contributed by atoms with Crippen molar-refractivity contribution in [2.24, 2.45) is 5.92 Å². The van der Waals surface area contributed by atoms with E-state index in [1.165, 1.54) is 6.42 Å². The molecular formula is C16H25NO3. The molecule has 4 heteroatoms. The molecule has 2 N–H and O–H groups in total. The lowest BCUT2D eigenvalue weighted by Gasteiger charge is -2.15. The van der Waals surface area contributed by atoms with Gasteiger partial charge in [-0.15, -0.1) is 0 Å². The molecule has 1 heterocycles. The fraction of sp³-hybridized carbons (Fsp3) is 0.688. The summed E-state index contributed by atoms with van der Waals surface area (Å²) in [6.07, 6.45) is 2.46. The van der Waals surface area contributed by atoms with Gasteiger partial charge >= 0.3 is 0 Å². The van der Waals surface area contributed by atoms with E-state index in [0.29, 0.717) is 25.2 Å². The number of aryl methyl sites for hydroxylation is 1. The lowest BCUT2D eigenvalue weighted by molar-refractivity contribution is -0.121. The van der Waals surface area contributed by atoms with E-state index < -0.39 is 6.10 Å². The van der Waals surface area contributed by atoms with Crippen molar-refractivity contribution in [1.29, 1.82) is 0 Å². The van der Waals surface area contributed by atoms with E-state index in [9.17, 15) is 9.90 Å². The molecule has 1 saturated carbocycles. The van der Waals surface area contributed by atoms with Crippen LogP contribution < -0.4 is 5.32 Å². The quantitative estimate of drug-likeness (QED) is 0.806. The molecule has 0 aliphatic heterocycles. The zero-order valence-corrected chi connectivity index (χ0v) is 12.6. The van der Waals surface area contributed by atoms with Crippen LogP contribution in [-0.4, -0.2) is 23.2 Å². The molecule has 4 unspecified atom stereocenters. The van der Waals surface area contributed by atoms with Crippen LogP contribution in [-0.2, 0) is 11.2 Å². The van der Waals surface area contributed by atoms with Gasteiger partial charge < -0.3 is 14.8 Å². The van der Waals surface area contributed by atoms with Gasteiger partial charge in [0.1, 0.15) is 11.5 Å². The molecule has 0 spiro atoms. The molecule has 1 aliphatic rings. The van der Waals surface area contributed by atoms with Crippen molar-refractivity contribution in [2.45, 2.75) is 64.5 Å². The number of nitrogens with one attached hydrogen (secondary N) is 1. The van der Waals surface area contributed by atoms with Crippen molar-refractivity contribution in [3.8, 4) is 0 Å². The Hall–Kier alpha value is -1.29. The van der Waals surface area contributed by atoms with Crippen molar-refractivity contribution < 1.29 is 14.3 Å². The summed E-state index contributed by atoms with van der Waals surface area (Å²) >= 11 is 0. The van der Waals surface area contributed by atoms with Gasteiger partial charge in [-0.25, -0.2) is 0 Å². The fourth-order valence-electron chi connectivity index (χ4n) is 2.60. The summed E-state index contributed by atoms with van der Waals surface area (Å²) in [5.74, 6) is 3.28. The number of amides is 1. The van der Waals surface area contributed by atoms with Crippen LogP contribution in [0.1, 0.15) is 57.5 Å². The average Bonchev–Trinajstić information content (AvgIpc) is 2.89. The monoisotopic (exact) mass is 279 g/mol. The maximum atomic E-state index is 11.8. The first-order valence-corrected chi connectivity index (χ1v) is 7.51. The van der Waals surface area contributed by atoms with E-state index in [-0.39, 0.29) is 11.9 Å². The van der Waals surface area contributed by atoms with Gasteiger partial charge in [-0.05, 0) is 44.7 Å². The highest BCUT2D eigenvalue weighted by atomic mass is 16.3. The van der Waals surface area contributed by atoms with Crippen molar-refractivity contribution in [2.75, 3.05) is 0 Å². The first kappa shape index (κ1) is 15.1. The van der Waals surface area contributed by atoms with E-state index >= 15 is 0 Å². The topological polar surface area (TPSA) is 62.5 Å². The summed E-state index contributed by atoms with van der Waals surface area (Å²) in [4.78, 5) is 11.8. The summed E-state index contributed by atoms with van der Waals surface area (Å²) in [6.45, 7) is 5.86. The first-order chi connectivity index (χ1) is 9.45. The number of aliphatic hydroxyl groups excluding tert-OH is 1. The Morgan fingerprint density at radius 1 is 1.50 bits per heavy atom. The highest BCUT2D eigenvalue weighted by Gasteiger charge is 2.36. The standard InChI is InChI=1S/C16H25NO3/c1-10-8-14(10)15-6-4-13(20-15)5-7-16(19)17-11(2)9-12(3)18/h4,6,10-12,14,18H,5,7-9H2,1-3H3,(H,17,19). The van der Waals surface area contributed by atoms with Crippen molar-refractivity contribution in [3.63, 3.8) is 0 Å². The Labute approximate surface area is 120 Å². The molecule has 1 aromatic rings. The number of furan rings is 1. The van der Waals surface area contributed by atoms with Gasteiger partial charge in [-0.2, -0.15) is 0 Å². The molecule has 20 heavy (non-hydrogen) atoms. The second-order valence-corrected chi connectivity index (χ2v) is 6.18. The predicted octanol–water partition coefficient (Wildman–Crippen LogP) is 2.61. The molecule has 4 nitrogen and oxygen atoms in total. The summed E-state index contributed by atoms with van der Waals surface area (Å²) in [5.41, 5.74) is 0. The molecule has 1 amide bonds. The van der Waals surface area contributed by atoms with Gasteiger partial charge in [0.05, 0.1) is 6.10 Å². The molecule has 4 atom stereocenters. The number of rotatable bonds is 7. The highest BCUT2D eigenvalue weighted by Crippen LogP contribution is 2.47. The zero-order chi connectivity index (χ0) is 14.7. The van der Waals surface area contributed by atoms with Crippen LogP contribution >= 0.6 is 0 Å². The third-order valence-electron chi connectivity index (χ3n) is 3.86. The SMILES string of the molecule is CC(O)CC(C)NC(=O)CCc1ccc(C2CC2C)o1. The molecule has 0 bridgehead atoms. The smallest absolute Gasteiger partial charge is 0.220 e. The maximum absolute atomic E-state index is 11.8. The molecule has 1 fully saturated rings. The van der Waals surface area contributed by atoms with Crippen LogP contribution in [0.3, 0.4) is 0 Å². The normalized spacial score (nSPS) is 24.2. The zero-order valence-electron chi connectivity index (χ0n) is 12.6. The average molecular weight is 279 g/mol. The third kappa shape index (κ3) is 4.37. The minimum atomic E-state index is -0.390. The number of hydrogen-bond donors (Lipinski definition) is 2. The molecule has 112 valence electrons. The number of carbonyl (C=O) groups excluding carboxylic acids is 1. The number of hydrogen-bond acceptors (Lipinski definition) is 3. The van der Waals surface area contributed by atoms with Gasteiger partial charge in [-0.1, -0.05) is 6.92 Å². The van der Waals surface area contributed by atoms with Crippen LogP contribution in [0.5, 0.6) is 0 Å². The minimum absolute atomic E-state index is 0.00183. The highest BCUT2D eigenvalue weighted by molar-refractivity contribution is 5.76. The Balaban J connectivity index is 1.71. The molecule has 0 aromatic carbocycles. The Morgan fingerprint density at radius 3 is 2.80 bits per heavy atom.